The van der Waals surface area contributed by atoms with Crippen LogP contribution in [0.2, 0.25) is 0 Å². The molecule has 1 unspecified atom stereocenters. The molecule has 12 heteroatoms. The number of carbonyl (C=O) groups excluding carboxylic acids is 3. The molecule has 36 heavy (non-hydrogen) atoms. The Balaban J connectivity index is 1.63. The molecule has 2 amide bonds. The van der Waals surface area contributed by atoms with E-state index in [1.54, 1.807) is 0 Å². The molecule has 0 bridgehead atoms. The van der Waals surface area contributed by atoms with Crippen LogP contribution in [0.15, 0.2) is 53.4 Å². The van der Waals surface area contributed by atoms with Crippen LogP contribution in [0.4, 0.5) is 10.1 Å². The summed E-state index contributed by atoms with van der Waals surface area (Å²) in [4.78, 5) is 40.8. The Bertz CT molecular complexity index is 1230. The van der Waals surface area contributed by atoms with Gasteiger partial charge in [0.1, 0.15) is 11.9 Å². The number of carbonyl (C=O) groups is 3. The predicted octanol–water partition coefficient (Wildman–Crippen LogP) is 1.27. The number of morpholine rings is 1. The van der Waals surface area contributed by atoms with Gasteiger partial charge in [-0.1, -0.05) is 0 Å². The molecule has 4 rings (SSSR count). The number of hydrogen-bond acceptors (Lipinski definition) is 8. The van der Waals surface area contributed by atoms with Crippen molar-refractivity contribution in [2.45, 2.75) is 17.4 Å². The summed E-state index contributed by atoms with van der Waals surface area (Å²) in [6, 6.07) is 8.75. The van der Waals surface area contributed by atoms with E-state index in [-0.39, 0.29) is 29.1 Å². The van der Waals surface area contributed by atoms with Crippen LogP contribution in [-0.2, 0) is 29.1 Å². The fraction of sp³-hybridized carbons (Fsp3) is 0.375. The van der Waals surface area contributed by atoms with Crippen molar-refractivity contribution < 1.29 is 36.7 Å². The molecule has 0 aliphatic carbocycles. The lowest BCUT2D eigenvalue weighted by Crippen LogP contribution is -2.49. The zero-order chi connectivity index (χ0) is 25.9. The summed E-state index contributed by atoms with van der Waals surface area (Å²) in [5.41, 5.74) is 0.454. The summed E-state index contributed by atoms with van der Waals surface area (Å²) >= 11 is 0. The van der Waals surface area contributed by atoms with Crippen molar-refractivity contribution >= 4 is 33.5 Å². The number of amides is 2. The Morgan fingerprint density at radius 2 is 1.72 bits per heavy atom. The molecule has 2 aliphatic heterocycles. The summed E-state index contributed by atoms with van der Waals surface area (Å²) in [7, 11) is -3.00. The van der Waals surface area contributed by atoms with Gasteiger partial charge >= 0.3 is 5.97 Å². The minimum atomic E-state index is -4.24. The first kappa shape index (κ1) is 25.9. The molecule has 1 atom stereocenters. The maximum Gasteiger partial charge on any atom is 0.337 e. The quantitative estimate of drug-likeness (QED) is 0.379. The smallest absolute Gasteiger partial charge is 0.337 e. The fourth-order valence-corrected chi connectivity index (χ4v) is 5.80. The highest BCUT2D eigenvalue weighted by molar-refractivity contribution is 7.89. The first-order valence-corrected chi connectivity index (χ1v) is 12.8. The fourth-order valence-electron chi connectivity index (χ4n) is 4.23. The van der Waals surface area contributed by atoms with E-state index in [0.717, 1.165) is 33.5 Å². The van der Waals surface area contributed by atoms with E-state index < -0.39 is 39.7 Å². The van der Waals surface area contributed by atoms with Gasteiger partial charge in [-0.15, -0.1) is 0 Å². The Morgan fingerprint density at radius 1 is 1.08 bits per heavy atom. The third-order valence-corrected chi connectivity index (χ3v) is 8.10. The highest BCUT2D eigenvalue weighted by Gasteiger charge is 2.47. The van der Waals surface area contributed by atoms with E-state index in [1.807, 2.05) is 4.90 Å². The van der Waals surface area contributed by atoms with Gasteiger partial charge in [-0.2, -0.15) is 4.31 Å². The van der Waals surface area contributed by atoms with Gasteiger partial charge < -0.3 is 9.47 Å². The van der Waals surface area contributed by atoms with E-state index in [0.29, 0.717) is 32.8 Å². The summed E-state index contributed by atoms with van der Waals surface area (Å²) in [5, 5.41) is 0. The van der Waals surface area contributed by atoms with Crippen LogP contribution < -0.4 is 4.90 Å². The highest BCUT2D eigenvalue weighted by Crippen LogP contribution is 2.29. The van der Waals surface area contributed by atoms with Crippen molar-refractivity contribution in [3.05, 3.63) is 59.9 Å². The van der Waals surface area contributed by atoms with E-state index in [9.17, 15) is 27.2 Å². The third-order valence-electron chi connectivity index (χ3n) is 6.18. The molecule has 2 saturated heterocycles. The zero-order valence-electron chi connectivity index (χ0n) is 19.6. The second-order valence-electron chi connectivity index (χ2n) is 8.35. The predicted molar refractivity (Wildman–Crippen MR) is 126 cm³/mol. The third kappa shape index (κ3) is 5.31. The number of ether oxygens (including phenoxy) is 2. The minimum absolute atomic E-state index is 0.0431. The highest BCUT2D eigenvalue weighted by atomic mass is 32.2. The number of esters is 1. The van der Waals surface area contributed by atoms with Crippen LogP contribution in [0, 0.1) is 5.82 Å². The average molecular weight is 520 g/mol. The molecule has 0 radical (unpaired) electrons. The summed E-state index contributed by atoms with van der Waals surface area (Å²) in [6.45, 7) is 2.54. The van der Waals surface area contributed by atoms with Crippen molar-refractivity contribution in [1.82, 2.24) is 9.21 Å². The molecular formula is C24H26FN3O7S. The Morgan fingerprint density at radius 3 is 2.33 bits per heavy atom. The number of anilines is 1. The monoisotopic (exact) mass is 519 g/mol. The number of benzene rings is 2. The molecule has 2 fully saturated rings. The first-order valence-electron chi connectivity index (χ1n) is 11.3. The Labute approximate surface area is 208 Å². The molecule has 10 nitrogen and oxygen atoms in total. The van der Waals surface area contributed by atoms with Gasteiger partial charge in [0, 0.05) is 26.2 Å². The minimum Gasteiger partial charge on any atom is -0.465 e. The van der Waals surface area contributed by atoms with Crippen LogP contribution in [0.1, 0.15) is 16.8 Å². The Kier molecular flexibility index (Phi) is 7.79. The number of rotatable bonds is 8. The van der Waals surface area contributed by atoms with Crippen molar-refractivity contribution in [3.8, 4) is 0 Å². The Hall–Kier alpha value is -3.19. The SMILES string of the molecule is COC(=O)c1ccc(N2C(=O)CC(N(CCN3CCOCC3)S(=O)(=O)c3ccc(F)cc3)C2=O)cc1. The standard InChI is InChI=1S/C24H26FN3O7S/c1-34-24(31)17-2-6-19(7-3-17)28-22(29)16-21(23(28)30)27(11-10-26-12-14-35-15-13-26)36(32,33)20-8-4-18(25)5-9-20/h2-9,21H,10-16H2,1H3. The molecule has 2 aliphatic rings. The molecule has 2 aromatic carbocycles. The largest absolute Gasteiger partial charge is 0.465 e. The number of imide groups is 1. The number of halogens is 1. The van der Waals surface area contributed by atoms with Crippen LogP contribution >= 0.6 is 0 Å². The van der Waals surface area contributed by atoms with Crippen LogP contribution in [-0.4, -0.2) is 88.0 Å². The molecule has 192 valence electrons. The van der Waals surface area contributed by atoms with Gasteiger partial charge in [-0.25, -0.2) is 22.5 Å². The van der Waals surface area contributed by atoms with E-state index >= 15 is 0 Å². The number of methoxy groups -OCH3 is 1. The lowest BCUT2D eigenvalue weighted by molar-refractivity contribution is -0.122. The number of sulfonamides is 1. The van der Waals surface area contributed by atoms with E-state index in [4.69, 9.17) is 4.74 Å². The van der Waals surface area contributed by atoms with Crippen molar-refractivity contribution in [3.63, 3.8) is 0 Å². The second kappa shape index (κ2) is 10.8. The molecule has 2 aromatic rings. The number of hydrogen-bond donors (Lipinski definition) is 0. The van der Waals surface area contributed by atoms with Crippen LogP contribution in [0.3, 0.4) is 0 Å². The molecule has 2 heterocycles. The van der Waals surface area contributed by atoms with Gasteiger partial charge in [0.2, 0.25) is 15.9 Å². The zero-order valence-corrected chi connectivity index (χ0v) is 20.4. The molecular weight excluding hydrogens is 493 g/mol. The topological polar surface area (TPSA) is 114 Å². The first-order chi connectivity index (χ1) is 17.2. The molecule has 0 spiro atoms. The van der Waals surface area contributed by atoms with E-state index in [1.165, 1.54) is 31.4 Å². The van der Waals surface area contributed by atoms with Gasteiger partial charge in [-0.05, 0) is 48.5 Å². The van der Waals surface area contributed by atoms with E-state index in [2.05, 4.69) is 4.74 Å². The van der Waals surface area contributed by atoms with Crippen molar-refractivity contribution in [2.75, 3.05) is 51.4 Å². The second-order valence-corrected chi connectivity index (χ2v) is 10.2. The molecule has 0 saturated carbocycles. The maximum absolute atomic E-state index is 13.6. The van der Waals surface area contributed by atoms with Crippen LogP contribution in [0.25, 0.3) is 0 Å². The maximum atomic E-state index is 13.6. The van der Waals surface area contributed by atoms with Crippen molar-refractivity contribution in [2.24, 2.45) is 0 Å². The van der Waals surface area contributed by atoms with Crippen LogP contribution in [0.5, 0.6) is 0 Å². The molecule has 0 N–H and O–H groups in total. The average Bonchev–Trinajstić information content (AvgIpc) is 3.17. The summed E-state index contributed by atoms with van der Waals surface area (Å²) < 4.78 is 51.6. The lowest BCUT2D eigenvalue weighted by Gasteiger charge is -2.31. The van der Waals surface area contributed by atoms with Gasteiger partial charge in [0.05, 0.1) is 42.9 Å². The van der Waals surface area contributed by atoms with Crippen molar-refractivity contribution in [1.29, 1.82) is 0 Å². The van der Waals surface area contributed by atoms with Gasteiger partial charge in [0.15, 0.2) is 0 Å². The summed E-state index contributed by atoms with van der Waals surface area (Å²) in [6.07, 6.45) is -0.346. The van der Waals surface area contributed by atoms with Gasteiger partial charge in [0.25, 0.3) is 5.91 Å². The summed E-state index contributed by atoms with van der Waals surface area (Å²) in [5.74, 6) is -2.43. The van der Waals surface area contributed by atoms with Gasteiger partial charge in [-0.3, -0.25) is 14.5 Å². The molecule has 0 aromatic heterocycles. The lowest BCUT2D eigenvalue weighted by atomic mass is 10.2. The normalized spacial score (nSPS) is 19.2. The number of nitrogens with zero attached hydrogens (tertiary/aromatic N) is 3.